The quantitative estimate of drug-likeness (QED) is 0.590. The minimum Gasteiger partial charge on any atom is -0.399 e. The molecular weight excluding hydrogens is 186 g/mol. The van der Waals surface area contributed by atoms with Crippen LogP contribution in [0.1, 0.15) is 35.2 Å². The third kappa shape index (κ3) is 2.09. The summed E-state index contributed by atoms with van der Waals surface area (Å²) in [6.45, 7) is 1.95. The van der Waals surface area contributed by atoms with E-state index in [0.717, 1.165) is 36.0 Å². The van der Waals surface area contributed by atoms with Gasteiger partial charge in [-0.2, -0.15) is 0 Å². The summed E-state index contributed by atoms with van der Waals surface area (Å²) >= 11 is 0. The first-order valence-corrected chi connectivity index (χ1v) is 5.28. The second-order valence-electron chi connectivity index (χ2n) is 4.08. The highest BCUT2D eigenvalue weighted by atomic mass is 16.1. The van der Waals surface area contributed by atoms with E-state index in [1.54, 1.807) is 6.07 Å². The summed E-state index contributed by atoms with van der Waals surface area (Å²) in [6.07, 6.45) is 5.08. The fraction of sp³-hybridized carbons (Fsp3) is 0.308. The van der Waals surface area contributed by atoms with Crippen LogP contribution in [-0.4, -0.2) is 5.78 Å². The second-order valence-corrected chi connectivity index (χ2v) is 4.08. The van der Waals surface area contributed by atoms with Crippen molar-refractivity contribution in [2.75, 3.05) is 5.73 Å². The standard InChI is InChI=1S/C13H15NO/c1-9-6-11(8-12(14)7-9)13(15)10-4-2-3-5-10/h4,6-8H,2-3,5,14H2,1H3. The zero-order chi connectivity index (χ0) is 10.8. The normalized spacial score (nSPS) is 15.1. The molecular formula is C13H15NO. The summed E-state index contributed by atoms with van der Waals surface area (Å²) in [5.41, 5.74) is 9.09. The number of allylic oxidation sites excluding steroid dienone is 2. The number of hydrogen-bond acceptors (Lipinski definition) is 2. The SMILES string of the molecule is Cc1cc(N)cc(C(=O)C2=CCCC2)c1. The molecule has 1 aliphatic carbocycles. The monoisotopic (exact) mass is 201 g/mol. The van der Waals surface area contributed by atoms with Gasteiger partial charge in [0.15, 0.2) is 5.78 Å². The fourth-order valence-electron chi connectivity index (χ4n) is 2.01. The van der Waals surface area contributed by atoms with Gasteiger partial charge in [0.2, 0.25) is 0 Å². The van der Waals surface area contributed by atoms with Gasteiger partial charge in [0, 0.05) is 11.3 Å². The molecule has 2 rings (SSSR count). The Hall–Kier alpha value is -1.57. The summed E-state index contributed by atoms with van der Waals surface area (Å²) in [7, 11) is 0. The average molecular weight is 201 g/mol. The van der Waals surface area contributed by atoms with E-state index in [2.05, 4.69) is 0 Å². The molecule has 0 amide bonds. The van der Waals surface area contributed by atoms with E-state index in [-0.39, 0.29) is 5.78 Å². The van der Waals surface area contributed by atoms with Crippen LogP contribution in [0.4, 0.5) is 5.69 Å². The van der Waals surface area contributed by atoms with E-state index in [1.807, 2.05) is 25.1 Å². The van der Waals surface area contributed by atoms with Gasteiger partial charge in [0.25, 0.3) is 0 Å². The van der Waals surface area contributed by atoms with Gasteiger partial charge in [0.05, 0.1) is 0 Å². The maximum absolute atomic E-state index is 12.0. The van der Waals surface area contributed by atoms with Crippen molar-refractivity contribution in [3.8, 4) is 0 Å². The van der Waals surface area contributed by atoms with Crippen LogP contribution in [0.5, 0.6) is 0 Å². The number of anilines is 1. The third-order valence-corrected chi connectivity index (χ3v) is 2.69. The molecule has 0 radical (unpaired) electrons. The van der Waals surface area contributed by atoms with Crippen LogP contribution in [-0.2, 0) is 0 Å². The maximum atomic E-state index is 12.0. The van der Waals surface area contributed by atoms with E-state index in [4.69, 9.17) is 5.73 Å². The molecule has 2 heteroatoms. The number of rotatable bonds is 2. The lowest BCUT2D eigenvalue weighted by Gasteiger charge is -2.04. The molecule has 0 aromatic heterocycles. The number of Topliss-reactive ketones (excluding diaryl/α,β-unsaturated/α-hetero) is 1. The van der Waals surface area contributed by atoms with Crippen molar-refractivity contribution in [1.82, 2.24) is 0 Å². The molecule has 0 saturated carbocycles. The van der Waals surface area contributed by atoms with Crippen LogP contribution in [0.15, 0.2) is 29.8 Å². The molecule has 0 bridgehead atoms. The largest absolute Gasteiger partial charge is 0.399 e. The van der Waals surface area contributed by atoms with Crippen molar-refractivity contribution in [3.05, 3.63) is 41.0 Å². The number of aryl methyl sites for hydroxylation is 1. The van der Waals surface area contributed by atoms with Gasteiger partial charge in [-0.05, 0) is 55.5 Å². The Balaban J connectivity index is 2.32. The van der Waals surface area contributed by atoms with Crippen LogP contribution >= 0.6 is 0 Å². The number of ketones is 1. The van der Waals surface area contributed by atoms with Crippen LogP contribution in [0.2, 0.25) is 0 Å². The minimum absolute atomic E-state index is 0.142. The van der Waals surface area contributed by atoms with E-state index in [0.29, 0.717) is 5.69 Å². The molecule has 0 heterocycles. The van der Waals surface area contributed by atoms with Crippen LogP contribution < -0.4 is 5.73 Å². The van der Waals surface area contributed by atoms with Crippen LogP contribution in [0.25, 0.3) is 0 Å². The van der Waals surface area contributed by atoms with E-state index in [9.17, 15) is 4.79 Å². The Morgan fingerprint density at radius 2 is 2.13 bits per heavy atom. The van der Waals surface area contributed by atoms with Gasteiger partial charge >= 0.3 is 0 Å². The summed E-state index contributed by atoms with van der Waals surface area (Å²) in [6, 6.07) is 5.53. The zero-order valence-electron chi connectivity index (χ0n) is 8.92. The Bertz CT molecular complexity index is 412. The maximum Gasteiger partial charge on any atom is 0.188 e. The lowest BCUT2D eigenvalue weighted by molar-refractivity contribution is 0.103. The molecule has 0 fully saturated rings. The van der Waals surface area contributed by atoms with Crippen molar-refractivity contribution in [2.24, 2.45) is 0 Å². The Morgan fingerprint density at radius 1 is 1.33 bits per heavy atom. The molecule has 1 aromatic rings. The number of hydrogen-bond donors (Lipinski definition) is 1. The Morgan fingerprint density at radius 3 is 2.73 bits per heavy atom. The summed E-state index contributed by atoms with van der Waals surface area (Å²) < 4.78 is 0. The van der Waals surface area contributed by atoms with Gasteiger partial charge < -0.3 is 5.73 Å². The first-order chi connectivity index (χ1) is 7.16. The Kier molecular flexibility index (Phi) is 2.58. The first-order valence-electron chi connectivity index (χ1n) is 5.28. The molecule has 1 aromatic carbocycles. The molecule has 2 nitrogen and oxygen atoms in total. The highest BCUT2D eigenvalue weighted by molar-refractivity contribution is 6.09. The summed E-state index contributed by atoms with van der Waals surface area (Å²) in [5, 5.41) is 0. The van der Waals surface area contributed by atoms with E-state index < -0.39 is 0 Å². The van der Waals surface area contributed by atoms with E-state index >= 15 is 0 Å². The van der Waals surface area contributed by atoms with Crippen LogP contribution in [0, 0.1) is 6.92 Å². The third-order valence-electron chi connectivity index (χ3n) is 2.69. The number of carbonyl (C=O) groups excluding carboxylic acids is 1. The van der Waals surface area contributed by atoms with Gasteiger partial charge in [-0.25, -0.2) is 0 Å². The van der Waals surface area contributed by atoms with Crippen LogP contribution in [0.3, 0.4) is 0 Å². The number of carbonyl (C=O) groups is 1. The fourth-order valence-corrected chi connectivity index (χ4v) is 2.01. The topological polar surface area (TPSA) is 43.1 Å². The predicted molar refractivity (Wildman–Crippen MR) is 61.9 cm³/mol. The highest BCUT2D eigenvalue weighted by Crippen LogP contribution is 2.23. The van der Waals surface area contributed by atoms with E-state index in [1.165, 1.54) is 0 Å². The number of nitrogen functional groups attached to an aromatic ring is 1. The smallest absolute Gasteiger partial charge is 0.188 e. The van der Waals surface area contributed by atoms with Crippen molar-refractivity contribution in [2.45, 2.75) is 26.2 Å². The minimum atomic E-state index is 0.142. The van der Waals surface area contributed by atoms with Crippen molar-refractivity contribution >= 4 is 11.5 Å². The average Bonchev–Trinajstić information content (AvgIpc) is 2.67. The van der Waals surface area contributed by atoms with Gasteiger partial charge in [-0.1, -0.05) is 6.08 Å². The van der Waals surface area contributed by atoms with Gasteiger partial charge in [-0.15, -0.1) is 0 Å². The van der Waals surface area contributed by atoms with Crippen molar-refractivity contribution < 1.29 is 4.79 Å². The van der Waals surface area contributed by atoms with Gasteiger partial charge in [0.1, 0.15) is 0 Å². The molecule has 0 atom stereocenters. The predicted octanol–water partition coefficient (Wildman–Crippen LogP) is 2.87. The van der Waals surface area contributed by atoms with Crippen molar-refractivity contribution in [3.63, 3.8) is 0 Å². The number of nitrogens with two attached hydrogens (primary N) is 1. The molecule has 0 saturated heterocycles. The molecule has 0 unspecified atom stereocenters. The molecule has 2 N–H and O–H groups in total. The lowest BCUT2D eigenvalue weighted by Crippen LogP contribution is -2.03. The Labute approximate surface area is 89.8 Å². The molecule has 15 heavy (non-hydrogen) atoms. The molecule has 0 aliphatic heterocycles. The molecule has 0 spiro atoms. The van der Waals surface area contributed by atoms with Gasteiger partial charge in [-0.3, -0.25) is 4.79 Å². The molecule has 1 aliphatic rings. The summed E-state index contributed by atoms with van der Waals surface area (Å²) in [4.78, 5) is 12.0. The highest BCUT2D eigenvalue weighted by Gasteiger charge is 2.15. The number of benzene rings is 1. The van der Waals surface area contributed by atoms with Crippen molar-refractivity contribution in [1.29, 1.82) is 0 Å². The first kappa shape index (κ1) is 9.97. The lowest BCUT2D eigenvalue weighted by atomic mass is 10.0. The molecule has 78 valence electrons. The summed E-state index contributed by atoms with van der Waals surface area (Å²) in [5.74, 6) is 0.142. The second kappa shape index (κ2) is 3.89. The zero-order valence-corrected chi connectivity index (χ0v) is 8.92.